The van der Waals surface area contributed by atoms with Gasteiger partial charge in [-0.3, -0.25) is 0 Å². The first-order valence-corrected chi connectivity index (χ1v) is 9.70. The van der Waals surface area contributed by atoms with Crippen LogP contribution in [-0.2, 0) is 24.0 Å². The van der Waals surface area contributed by atoms with Crippen LogP contribution in [0.15, 0.2) is 11.3 Å². The van der Waals surface area contributed by atoms with Gasteiger partial charge < -0.3 is 14.2 Å². The number of allylic oxidation sites excluding steroid dienone is 1. The van der Waals surface area contributed by atoms with Gasteiger partial charge in [0.1, 0.15) is 0 Å². The Morgan fingerprint density at radius 3 is 2.59 bits per heavy atom. The minimum atomic E-state index is -4.62. The summed E-state index contributed by atoms with van der Waals surface area (Å²) in [7, 11) is 0. The van der Waals surface area contributed by atoms with Gasteiger partial charge in [0, 0.05) is 23.8 Å². The molecule has 154 valence electrons. The van der Waals surface area contributed by atoms with Gasteiger partial charge in [-0.15, -0.1) is 0 Å². The van der Waals surface area contributed by atoms with Crippen molar-refractivity contribution in [1.29, 1.82) is 0 Å². The number of halogens is 3. The number of ether oxygens (including phenoxy) is 3. The van der Waals surface area contributed by atoms with Gasteiger partial charge in [-0.2, -0.15) is 13.2 Å². The second-order valence-electron chi connectivity index (χ2n) is 8.69. The van der Waals surface area contributed by atoms with Gasteiger partial charge in [0.25, 0.3) is 0 Å². The predicted molar refractivity (Wildman–Crippen MR) is 88.0 cm³/mol. The third kappa shape index (κ3) is 2.99. The van der Waals surface area contributed by atoms with Crippen molar-refractivity contribution in [3.05, 3.63) is 11.3 Å². The fourth-order valence-corrected chi connectivity index (χ4v) is 5.16. The summed E-state index contributed by atoms with van der Waals surface area (Å²) in [6, 6.07) is 0. The summed E-state index contributed by atoms with van der Waals surface area (Å²) < 4.78 is 58.6. The molecular weight excluding hydrogens is 365 g/mol. The van der Waals surface area contributed by atoms with Crippen LogP contribution in [0.4, 0.5) is 13.2 Å². The molecule has 4 heterocycles. The zero-order valence-corrected chi connectivity index (χ0v) is 16.1. The molecule has 5 rings (SSSR count). The van der Waals surface area contributed by atoms with Crippen LogP contribution in [0.25, 0.3) is 0 Å². The normalized spacial score (nSPS) is 44.1. The van der Waals surface area contributed by atoms with E-state index in [0.717, 1.165) is 12.8 Å². The molecular formula is C19H27F3O5. The first-order chi connectivity index (χ1) is 12.6. The lowest BCUT2D eigenvalue weighted by Gasteiger charge is -2.57. The second kappa shape index (κ2) is 6.34. The van der Waals surface area contributed by atoms with E-state index in [0.29, 0.717) is 12.8 Å². The molecule has 1 unspecified atom stereocenters. The van der Waals surface area contributed by atoms with Crippen LogP contribution in [0.2, 0.25) is 0 Å². The molecule has 0 aromatic carbocycles. The molecule has 6 atom stereocenters. The van der Waals surface area contributed by atoms with Crippen LogP contribution >= 0.6 is 0 Å². The Balaban J connectivity index is 1.83. The van der Waals surface area contributed by atoms with Gasteiger partial charge in [-0.05, 0) is 46.0 Å². The largest absolute Gasteiger partial charge is 0.456 e. The fourth-order valence-electron chi connectivity index (χ4n) is 5.16. The van der Waals surface area contributed by atoms with E-state index in [1.165, 1.54) is 0 Å². The molecule has 0 aromatic heterocycles. The average molecular weight is 392 g/mol. The Morgan fingerprint density at radius 1 is 1.19 bits per heavy atom. The number of rotatable bonds is 3. The lowest BCUT2D eigenvalue weighted by Crippen LogP contribution is -2.67. The Hall–Kier alpha value is -0.830. The second-order valence-corrected chi connectivity index (χ2v) is 8.69. The topological polar surface area (TPSA) is 46.2 Å². The first-order valence-electron chi connectivity index (χ1n) is 9.70. The number of fused-ring (bicyclic) bond motifs is 2. The Labute approximate surface area is 157 Å². The maximum Gasteiger partial charge on any atom is 0.449 e. The molecule has 5 aliphatic rings. The lowest BCUT2D eigenvalue weighted by atomic mass is 9.59. The molecule has 1 aliphatic carbocycles. The number of alkyl halides is 3. The van der Waals surface area contributed by atoms with Crippen molar-refractivity contribution in [2.45, 2.75) is 83.3 Å². The van der Waals surface area contributed by atoms with E-state index in [1.54, 1.807) is 20.8 Å². The van der Waals surface area contributed by atoms with Gasteiger partial charge in [-0.1, -0.05) is 6.92 Å². The van der Waals surface area contributed by atoms with E-state index in [4.69, 9.17) is 24.0 Å². The van der Waals surface area contributed by atoms with Crippen molar-refractivity contribution >= 4 is 0 Å². The van der Waals surface area contributed by atoms with Crippen LogP contribution in [-0.4, -0.2) is 36.6 Å². The molecule has 4 fully saturated rings. The molecule has 0 aromatic rings. The van der Waals surface area contributed by atoms with Crippen molar-refractivity contribution in [2.24, 2.45) is 17.8 Å². The molecule has 0 radical (unpaired) electrons. The third-order valence-corrected chi connectivity index (χ3v) is 6.49. The van der Waals surface area contributed by atoms with Crippen LogP contribution in [0, 0.1) is 17.8 Å². The summed E-state index contributed by atoms with van der Waals surface area (Å²) in [6.07, 6.45) is -3.28. The van der Waals surface area contributed by atoms with Gasteiger partial charge in [-0.25, -0.2) is 9.78 Å². The maximum absolute atomic E-state index is 13.8. The highest BCUT2D eigenvalue weighted by Gasteiger charge is 2.70. The highest BCUT2D eigenvalue weighted by Crippen LogP contribution is 2.61. The zero-order valence-electron chi connectivity index (χ0n) is 16.1. The van der Waals surface area contributed by atoms with Crippen molar-refractivity contribution in [1.82, 2.24) is 0 Å². The summed E-state index contributed by atoms with van der Waals surface area (Å²) in [6.45, 7) is 7.25. The predicted octanol–water partition coefficient (Wildman–Crippen LogP) is 4.47. The summed E-state index contributed by atoms with van der Waals surface area (Å²) in [5.74, 6) is -2.33. The van der Waals surface area contributed by atoms with Gasteiger partial charge in [0.05, 0.1) is 12.7 Å². The molecule has 0 amide bonds. The highest BCUT2D eigenvalue weighted by molar-refractivity contribution is 5.28. The molecule has 4 aliphatic heterocycles. The van der Waals surface area contributed by atoms with Crippen molar-refractivity contribution < 1.29 is 37.2 Å². The summed E-state index contributed by atoms with van der Waals surface area (Å²) in [5, 5.41) is 0. The first kappa shape index (κ1) is 19.5. The maximum atomic E-state index is 13.8. The number of hydrogen-bond acceptors (Lipinski definition) is 5. The molecule has 5 nitrogen and oxygen atoms in total. The van der Waals surface area contributed by atoms with Crippen LogP contribution < -0.4 is 0 Å². The van der Waals surface area contributed by atoms with Crippen LogP contribution in [0.3, 0.4) is 0 Å². The van der Waals surface area contributed by atoms with Crippen molar-refractivity contribution in [3.63, 3.8) is 0 Å². The molecule has 1 spiro atoms. The Bertz CT molecular complexity index is 633. The Morgan fingerprint density at radius 2 is 1.93 bits per heavy atom. The standard InChI is InChI=1S/C19H27F3O5/c1-10(2)23-9-12-14-6-5-11(3)13-7-8-17(4)25-16(18(13,14)27-26-17)24-15(12)19(20,21)22/h10-11,13-14,16H,5-9H2,1-4H3/t11-,13?,14+,16-,17+,18-/m1/s1. The minimum Gasteiger partial charge on any atom is -0.456 e. The van der Waals surface area contributed by atoms with E-state index in [1.807, 2.05) is 0 Å². The Kier molecular flexibility index (Phi) is 4.57. The molecule has 27 heavy (non-hydrogen) atoms. The zero-order chi connectivity index (χ0) is 19.6. The van der Waals surface area contributed by atoms with E-state index in [-0.39, 0.29) is 30.1 Å². The number of hydrogen-bond donors (Lipinski definition) is 0. The van der Waals surface area contributed by atoms with Crippen molar-refractivity contribution in [3.8, 4) is 0 Å². The van der Waals surface area contributed by atoms with Crippen LogP contribution in [0.5, 0.6) is 0 Å². The fraction of sp³-hybridized carbons (Fsp3) is 0.895. The van der Waals surface area contributed by atoms with Gasteiger partial charge in [0.2, 0.25) is 17.8 Å². The SMILES string of the molecule is CC(C)OCC1=C(C(F)(F)F)O[C@@H]2O[C@]3(C)CCC4[C@H](C)CC[C@@H]1[C@]42OO3. The van der Waals surface area contributed by atoms with Gasteiger partial charge >= 0.3 is 6.18 Å². The van der Waals surface area contributed by atoms with Gasteiger partial charge in [0.15, 0.2) is 5.60 Å². The monoisotopic (exact) mass is 392 g/mol. The van der Waals surface area contributed by atoms with E-state index >= 15 is 0 Å². The van der Waals surface area contributed by atoms with E-state index in [2.05, 4.69) is 6.92 Å². The summed E-state index contributed by atoms with van der Waals surface area (Å²) in [4.78, 5) is 11.5. The van der Waals surface area contributed by atoms with Crippen LogP contribution in [0.1, 0.15) is 53.4 Å². The molecule has 1 saturated carbocycles. The van der Waals surface area contributed by atoms with E-state index in [9.17, 15) is 13.2 Å². The third-order valence-electron chi connectivity index (χ3n) is 6.49. The highest BCUT2D eigenvalue weighted by atomic mass is 19.4. The molecule has 8 heteroatoms. The molecule has 2 bridgehead atoms. The summed E-state index contributed by atoms with van der Waals surface area (Å²) >= 11 is 0. The quantitative estimate of drug-likeness (QED) is 0.663. The lowest BCUT2D eigenvalue weighted by molar-refractivity contribution is -0.557. The van der Waals surface area contributed by atoms with Crippen molar-refractivity contribution in [2.75, 3.05) is 6.61 Å². The van der Waals surface area contributed by atoms with E-state index < -0.39 is 35.5 Å². The minimum absolute atomic E-state index is 0.00518. The molecule has 0 N–H and O–H groups in total. The summed E-state index contributed by atoms with van der Waals surface area (Å²) in [5.41, 5.74) is -0.958. The average Bonchev–Trinajstić information content (AvgIpc) is 2.80. The molecule has 3 saturated heterocycles. The smallest absolute Gasteiger partial charge is 0.449 e.